The molecule has 0 fully saturated rings. The highest BCUT2D eigenvalue weighted by atomic mass is 32.2. The highest BCUT2D eigenvalue weighted by molar-refractivity contribution is 7.92. The van der Waals surface area contributed by atoms with E-state index >= 15 is 0 Å². The molecule has 0 heterocycles. The van der Waals surface area contributed by atoms with Gasteiger partial charge in [0, 0.05) is 6.04 Å². The highest BCUT2D eigenvalue weighted by Crippen LogP contribution is 2.25. The summed E-state index contributed by atoms with van der Waals surface area (Å²) < 4.78 is 38.1. The van der Waals surface area contributed by atoms with Gasteiger partial charge in [0.1, 0.15) is 5.82 Å². The molecule has 2 rings (SSSR count). The number of hydrogen-bond acceptors (Lipinski definition) is 3. The van der Waals surface area contributed by atoms with Crippen molar-refractivity contribution in [3.63, 3.8) is 0 Å². The van der Waals surface area contributed by atoms with Crippen LogP contribution in [0, 0.1) is 5.82 Å². The molecule has 0 radical (unpaired) electrons. The fourth-order valence-corrected chi connectivity index (χ4v) is 3.52. The minimum atomic E-state index is -3.67. The van der Waals surface area contributed by atoms with Crippen molar-refractivity contribution in [3.8, 4) is 0 Å². The molecule has 0 spiro atoms. The Balaban J connectivity index is 2.35. The Hall–Kier alpha value is -1.72. The average molecular weight is 293 g/mol. The van der Waals surface area contributed by atoms with Crippen LogP contribution in [0.15, 0.2) is 59.5 Å². The topological polar surface area (TPSA) is 60.2 Å². The van der Waals surface area contributed by atoms with Gasteiger partial charge in [-0.05, 0) is 30.7 Å². The molecule has 0 aliphatic carbocycles. The molecule has 5 heteroatoms. The molecule has 0 aliphatic heterocycles. The van der Waals surface area contributed by atoms with Crippen molar-refractivity contribution in [2.45, 2.75) is 23.1 Å². The molecule has 2 N–H and O–H groups in total. The average Bonchev–Trinajstić information content (AvgIpc) is 2.46. The quantitative estimate of drug-likeness (QED) is 0.942. The second-order valence-electron chi connectivity index (χ2n) is 4.64. The normalized spacial score (nSPS) is 14.8. The summed E-state index contributed by atoms with van der Waals surface area (Å²) in [5.74, 6) is -0.577. The summed E-state index contributed by atoms with van der Waals surface area (Å²) in [6, 6.07) is 13.3. The lowest BCUT2D eigenvalue weighted by Gasteiger charge is -2.20. The molecule has 0 bridgehead atoms. The lowest BCUT2D eigenvalue weighted by Crippen LogP contribution is -2.31. The molecule has 0 aromatic heterocycles. The maximum Gasteiger partial charge on any atom is 0.182 e. The SMILES string of the molecule is CC(C(N)c1ccccc1)S(=O)(=O)c1cccc(F)c1. The van der Waals surface area contributed by atoms with Crippen LogP contribution in [0.5, 0.6) is 0 Å². The highest BCUT2D eigenvalue weighted by Gasteiger charge is 2.29. The Labute approximate surface area is 118 Å². The van der Waals surface area contributed by atoms with Crippen molar-refractivity contribution >= 4 is 9.84 Å². The molecule has 2 atom stereocenters. The molecule has 0 aliphatic rings. The summed E-state index contributed by atoms with van der Waals surface area (Å²) in [6.07, 6.45) is 0. The Bertz CT molecular complexity index is 686. The summed E-state index contributed by atoms with van der Waals surface area (Å²) in [4.78, 5) is -0.0450. The predicted molar refractivity (Wildman–Crippen MR) is 76.4 cm³/mol. The predicted octanol–water partition coefficient (Wildman–Crippen LogP) is 2.69. The number of nitrogens with two attached hydrogens (primary N) is 1. The zero-order chi connectivity index (χ0) is 14.8. The van der Waals surface area contributed by atoms with Crippen LogP contribution in [-0.2, 0) is 9.84 Å². The van der Waals surface area contributed by atoms with E-state index in [1.807, 2.05) is 6.07 Å². The first kappa shape index (κ1) is 14.7. The minimum Gasteiger partial charge on any atom is -0.323 e. The molecule has 0 saturated heterocycles. The van der Waals surface area contributed by atoms with Gasteiger partial charge >= 0.3 is 0 Å². The Kier molecular flexibility index (Phi) is 4.20. The molecule has 2 aromatic rings. The number of hydrogen-bond donors (Lipinski definition) is 1. The number of sulfone groups is 1. The van der Waals surface area contributed by atoms with Crippen molar-refractivity contribution in [2.24, 2.45) is 5.73 Å². The van der Waals surface area contributed by atoms with E-state index in [0.29, 0.717) is 0 Å². The summed E-state index contributed by atoms with van der Waals surface area (Å²) in [5.41, 5.74) is 6.76. The molecule has 0 saturated carbocycles. The molecular formula is C15H16FNO2S. The standard InChI is InChI=1S/C15H16FNO2S/c1-11(15(17)12-6-3-2-4-7-12)20(18,19)14-9-5-8-13(16)10-14/h2-11,15H,17H2,1H3. The van der Waals surface area contributed by atoms with Crippen molar-refractivity contribution < 1.29 is 12.8 Å². The van der Waals surface area contributed by atoms with E-state index in [1.54, 1.807) is 24.3 Å². The van der Waals surface area contributed by atoms with Gasteiger partial charge in [0.05, 0.1) is 10.1 Å². The van der Waals surface area contributed by atoms with Crippen LogP contribution in [0.4, 0.5) is 4.39 Å². The zero-order valence-electron chi connectivity index (χ0n) is 11.0. The number of rotatable bonds is 4. The van der Waals surface area contributed by atoms with Crippen LogP contribution in [0.25, 0.3) is 0 Å². The maximum absolute atomic E-state index is 13.2. The molecule has 20 heavy (non-hydrogen) atoms. The van der Waals surface area contributed by atoms with Gasteiger partial charge in [-0.15, -0.1) is 0 Å². The molecule has 2 unspecified atom stereocenters. The third kappa shape index (κ3) is 2.89. The van der Waals surface area contributed by atoms with Gasteiger partial charge in [0.2, 0.25) is 0 Å². The summed E-state index contributed by atoms with van der Waals surface area (Å²) >= 11 is 0. The Morgan fingerprint density at radius 3 is 2.30 bits per heavy atom. The first-order valence-corrected chi connectivity index (χ1v) is 7.77. The first-order valence-electron chi connectivity index (χ1n) is 6.23. The van der Waals surface area contributed by atoms with Crippen LogP contribution in [0.3, 0.4) is 0 Å². The summed E-state index contributed by atoms with van der Waals surface area (Å²) in [6.45, 7) is 1.54. The van der Waals surface area contributed by atoms with Gasteiger partial charge < -0.3 is 5.73 Å². The van der Waals surface area contributed by atoms with Crippen LogP contribution in [-0.4, -0.2) is 13.7 Å². The second kappa shape index (κ2) is 5.73. The smallest absolute Gasteiger partial charge is 0.182 e. The zero-order valence-corrected chi connectivity index (χ0v) is 11.8. The van der Waals surface area contributed by atoms with Crippen molar-refractivity contribution in [1.82, 2.24) is 0 Å². The van der Waals surface area contributed by atoms with Gasteiger partial charge in [-0.3, -0.25) is 0 Å². The first-order chi connectivity index (χ1) is 9.43. The van der Waals surface area contributed by atoms with Gasteiger partial charge in [0.15, 0.2) is 9.84 Å². The number of halogens is 1. The monoisotopic (exact) mass is 293 g/mol. The van der Waals surface area contributed by atoms with Crippen LogP contribution in [0.2, 0.25) is 0 Å². The Morgan fingerprint density at radius 2 is 1.70 bits per heavy atom. The van der Waals surface area contributed by atoms with Crippen LogP contribution in [0.1, 0.15) is 18.5 Å². The fourth-order valence-electron chi connectivity index (χ4n) is 2.00. The number of benzene rings is 2. The Morgan fingerprint density at radius 1 is 1.05 bits per heavy atom. The van der Waals surface area contributed by atoms with E-state index in [1.165, 1.54) is 25.1 Å². The fraction of sp³-hybridized carbons (Fsp3) is 0.200. The van der Waals surface area contributed by atoms with Gasteiger partial charge in [0.25, 0.3) is 0 Å². The van der Waals surface area contributed by atoms with E-state index in [9.17, 15) is 12.8 Å². The van der Waals surface area contributed by atoms with Crippen molar-refractivity contribution in [3.05, 3.63) is 66.0 Å². The lowest BCUT2D eigenvalue weighted by atomic mass is 10.1. The molecule has 106 valence electrons. The van der Waals surface area contributed by atoms with E-state index in [-0.39, 0.29) is 4.90 Å². The van der Waals surface area contributed by atoms with Gasteiger partial charge in [-0.1, -0.05) is 36.4 Å². The van der Waals surface area contributed by atoms with E-state index in [4.69, 9.17) is 5.73 Å². The lowest BCUT2D eigenvalue weighted by molar-refractivity contribution is 0.562. The second-order valence-corrected chi connectivity index (χ2v) is 6.95. The molecular weight excluding hydrogens is 277 g/mol. The largest absolute Gasteiger partial charge is 0.323 e. The minimum absolute atomic E-state index is 0.0450. The van der Waals surface area contributed by atoms with E-state index in [0.717, 1.165) is 11.6 Å². The third-order valence-corrected chi connectivity index (χ3v) is 5.49. The van der Waals surface area contributed by atoms with E-state index in [2.05, 4.69) is 0 Å². The summed E-state index contributed by atoms with van der Waals surface area (Å²) in [7, 11) is -3.67. The molecule has 2 aromatic carbocycles. The van der Waals surface area contributed by atoms with Crippen molar-refractivity contribution in [1.29, 1.82) is 0 Å². The molecule has 0 amide bonds. The maximum atomic E-state index is 13.2. The third-order valence-electron chi connectivity index (χ3n) is 3.30. The van der Waals surface area contributed by atoms with Crippen LogP contribution >= 0.6 is 0 Å². The molecule has 3 nitrogen and oxygen atoms in total. The van der Waals surface area contributed by atoms with Gasteiger partial charge in [-0.25, -0.2) is 12.8 Å². The van der Waals surface area contributed by atoms with E-state index < -0.39 is 26.9 Å². The summed E-state index contributed by atoms with van der Waals surface area (Å²) in [5, 5.41) is -0.841. The van der Waals surface area contributed by atoms with Crippen molar-refractivity contribution in [2.75, 3.05) is 0 Å². The van der Waals surface area contributed by atoms with Crippen LogP contribution < -0.4 is 5.73 Å². The van der Waals surface area contributed by atoms with Gasteiger partial charge in [-0.2, -0.15) is 0 Å².